The topological polar surface area (TPSA) is 14.1 Å². The van der Waals surface area contributed by atoms with Gasteiger partial charge in [0.05, 0.1) is 5.69 Å². The van der Waals surface area contributed by atoms with E-state index in [9.17, 15) is 0 Å². The largest absolute Gasteiger partial charge is 0.198 e. The molecule has 1 heteroatoms. The summed E-state index contributed by atoms with van der Waals surface area (Å²) in [6, 6.07) is 10.8. The van der Waals surface area contributed by atoms with Crippen LogP contribution in [0.4, 0.5) is 5.69 Å². The van der Waals surface area contributed by atoms with Crippen molar-refractivity contribution < 1.29 is 0 Å². The van der Waals surface area contributed by atoms with Gasteiger partial charge in [0, 0.05) is 12.5 Å². The Kier molecular flexibility index (Phi) is 1.11. The van der Waals surface area contributed by atoms with Gasteiger partial charge in [0.2, 0.25) is 0 Å². The van der Waals surface area contributed by atoms with E-state index in [1.54, 1.807) is 0 Å². The molecule has 0 unspecified atom stereocenters. The van der Waals surface area contributed by atoms with Gasteiger partial charge in [0.1, 0.15) is 0 Å². The number of hydrogen-bond donors (Lipinski definition) is 0. The zero-order chi connectivity index (χ0) is 6.81. The monoisotopic (exact) mass is 128 g/mol. The van der Waals surface area contributed by atoms with E-state index in [1.807, 2.05) is 18.2 Å². The summed E-state index contributed by atoms with van der Waals surface area (Å²) in [5, 5.41) is 4.03. The van der Waals surface area contributed by atoms with Crippen LogP contribution in [0, 0.1) is 12.0 Å². The van der Waals surface area contributed by atoms with Crippen LogP contribution in [0.2, 0.25) is 0 Å². The van der Waals surface area contributed by atoms with Gasteiger partial charge in [-0.15, -0.1) is 0 Å². The summed E-state index contributed by atoms with van der Waals surface area (Å²) < 4.78 is 0. The molecule has 1 aromatic rings. The van der Waals surface area contributed by atoms with Crippen molar-refractivity contribution >= 4 is 5.69 Å². The van der Waals surface area contributed by atoms with Crippen molar-refractivity contribution in [2.24, 2.45) is 0 Å². The standard InChI is InChI=1S/C9H6N/c1-2-6-9-8(4-1)5-3-7-10-9/h1-2,4,6H,5H2. The summed E-state index contributed by atoms with van der Waals surface area (Å²) in [6.45, 7) is 0. The third-order valence-corrected chi connectivity index (χ3v) is 1.53. The highest BCUT2D eigenvalue weighted by Gasteiger charge is 2.01. The van der Waals surface area contributed by atoms with Gasteiger partial charge in [-0.25, -0.2) is 0 Å². The van der Waals surface area contributed by atoms with Gasteiger partial charge in [-0.1, -0.05) is 24.1 Å². The van der Waals surface area contributed by atoms with Crippen LogP contribution in [0.5, 0.6) is 0 Å². The van der Waals surface area contributed by atoms with Gasteiger partial charge >= 0.3 is 0 Å². The van der Waals surface area contributed by atoms with Crippen LogP contribution < -0.4 is 5.32 Å². The molecule has 0 spiro atoms. The molecule has 1 aromatic carbocycles. The van der Waals surface area contributed by atoms with Gasteiger partial charge < -0.3 is 0 Å². The van der Waals surface area contributed by atoms with Crippen LogP contribution in [0.3, 0.4) is 0 Å². The Hall–Kier alpha value is -1.42. The van der Waals surface area contributed by atoms with E-state index >= 15 is 0 Å². The molecule has 0 bridgehead atoms. The van der Waals surface area contributed by atoms with Crippen molar-refractivity contribution in [3.8, 4) is 12.0 Å². The van der Waals surface area contributed by atoms with Crippen molar-refractivity contribution in [3.05, 3.63) is 29.8 Å². The average Bonchev–Trinajstić information content (AvgIpc) is 2.05. The van der Waals surface area contributed by atoms with Crippen molar-refractivity contribution in [1.29, 1.82) is 0 Å². The van der Waals surface area contributed by atoms with Gasteiger partial charge in [-0.05, 0) is 11.6 Å². The van der Waals surface area contributed by atoms with Crippen LogP contribution in [0.1, 0.15) is 5.56 Å². The lowest BCUT2D eigenvalue weighted by Gasteiger charge is -2.04. The minimum Gasteiger partial charge on any atom is -0.198 e. The Morgan fingerprint density at radius 2 is 2.20 bits per heavy atom. The van der Waals surface area contributed by atoms with Crippen molar-refractivity contribution in [2.45, 2.75) is 6.42 Å². The highest BCUT2D eigenvalue weighted by molar-refractivity contribution is 5.50. The molecule has 0 aliphatic carbocycles. The molecule has 0 N–H and O–H groups in total. The van der Waals surface area contributed by atoms with E-state index in [1.165, 1.54) is 5.56 Å². The summed E-state index contributed by atoms with van der Waals surface area (Å²) in [7, 11) is 0. The zero-order valence-electron chi connectivity index (χ0n) is 5.46. The Balaban J connectivity index is 2.52. The first-order chi connectivity index (χ1) is 4.97. The van der Waals surface area contributed by atoms with E-state index in [0.717, 1.165) is 12.1 Å². The van der Waals surface area contributed by atoms with E-state index in [0.29, 0.717) is 0 Å². The summed E-state index contributed by atoms with van der Waals surface area (Å²) in [6.07, 6.45) is 0.847. The smallest absolute Gasteiger partial charge is 0.0778 e. The summed E-state index contributed by atoms with van der Waals surface area (Å²) in [5.74, 6) is 2.92. The molecular formula is C9H6N. The van der Waals surface area contributed by atoms with Crippen molar-refractivity contribution in [3.63, 3.8) is 0 Å². The summed E-state index contributed by atoms with van der Waals surface area (Å²) in [4.78, 5) is 0. The van der Waals surface area contributed by atoms with E-state index in [4.69, 9.17) is 0 Å². The molecule has 10 heavy (non-hydrogen) atoms. The van der Waals surface area contributed by atoms with E-state index in [2.05, 4.69) is 23.3 Å². The maximum absolute atomic E-state index is 4.03. The number of fused-ring (bicyclic) bond motifs is 1. The summed E-state index contributed by atoms with van der Waals surface area (Å²) >= 11 is 0. The van der Waals surface area contributed by atoms with Gasteiger partial charge in [-0.2, -0.15) is 5.32 Å². The minimum atomic E-state index is 0.847. The third kappa shape index (κ3) is 0.745. The quantitative estimate of drug-likeness (QED) is 0.469. The van der Waals surface area contributed by atoms with Crippen molar-refractivity contribution in [1.82, 2.24) is 5.32 Å². The van der Waals surface area contributed by atoms with E-state index < -0.39 is 0 Å². The molecule has 1 aliphatic rings. The third-order valence-electron chi connectivity index (χ3n) is 1.53. The molecule has 0 atom stereocenters. The predicted molar refractivity (Wildman–Crippen MR) is 39.7 cm³/mol. The number of rotatable bonds is 0. The maximum Gasteiger partial charge on any atom is 0.0778 e. The summed E-state index contributed by atoms with van der Waals surface area (Å²) in [5.41, 5.74) is 2.27. The van der Waals surface area contributed by atoms with Gasteiger partial charge in [0.25, 0.3) is 0 Å². The second-order valence-corrected chi connectivity index (χ2v) is 2.21. The van der Waals surface area contributed by atoms with Gasteiger partial charge in [-0.3, -0.25) is 0 Å². The lowest BCUT2D eigenvalue weighted by atomic mass is 10.1. The Morgan fingerprint density at radius 3 is 3.10 bits per heavy atom. The Bertz CT molecular complexity index is 275. The predicted octanol–water partition coefficient (Wildman–Crippen LogP) is 1.44. The SMILES string of the molecule is C1#C[N]c2ccccc2C1. The lowest BCUT2D eigenvalue weighted by Crippen LogP contribution is -1.97. The maximum atomic E-state index is 4.03. The van der Waals surface area contributed by atoms with E-state index in [-0.39, 0.29) is 0 Å². The molecule has 0 fully saturated rings. The highest BCUT2D eigenvalue weighted by Crippen LogP contribution is 2.16. The second-order valence-electron chi connectivity index (χ2n) is 2.21. The molecule has 2 rings (SSSR count). The second kappa shape index (κ2) is 2.07. The zero-order valence-corrected chi connectivity index (χ0v) is 5.46. The van der Waals surface area contributed by atoms with Crippen LogP contribution >= 0.6 is 0 Å². The first-order valence-electron chi connectivity index (χ1n) is 3.23. The minimum absolute atomic E-state index is 0.847. The van der Waals surface area contributed by atoms with Crippen LogP contribution in [-0.4, -0.2) is 0 Å². The average molecular weight is 128 g/mol. The molecule has 0 aromatic heterocycles. The van der Waals surface area contributed by atoms with Crippen LogP contribution in [0.15, 0.2) is 24.3 Å². The molecule has 0 amide bonds. The number of nitrogens with zero attached hydrogens (tertiary/aromatic N) is 1. The molecular weight excluding hydrogens is 122 g/mol. The molecule has 47 valence electrons. The molecule has 1 aliphatic heterocycles. The molecule has 1 nitrogen and oxygen atoms in total. The number of benzene rings is 1. The fourth-order valence-corrected chi connectivity index (χ4v) is 1.00. The van der Waals surface area contributed by atoms with Crippen molar-refractivity contribution in [2.75, 3.05) is 0 Å². The molecule has 0 saturated carbocycles. The first-order valence-corrected chi connectivity index (χ1v) is 3.23. The number of para-hydroxylation sites is 1. The molecule has 0 saturated heterocycles. The first kappa shape index (κ1) is 5.37. The number of hydrogen-bond acceptors (Lipinski definition) is 0. The fourth-order valence-electron chi connectivity index (χ4n) is 1.00. The Morgan fingerprint density at radius 1 is 1.30 bits per heavy atom. The Labute approximate surface area is 60.1 Å². The lowest BCUT2D eigenvalue weighted by molar-refractivity contribution is 1.13. The molecule has 1 heterocycles. The van der Waals surface area contributed by atoms with Crippen LogP contribution in [0.25, 0.3) is 0 Å². The fraction of sp³-hybridized carbons (Fsp3) is 0.111. The van der Waals surface area contributed by atoms with Crippen LogP contribution in [-0.2, 0) is 6.42 Å². The van der Waals surface area contributed by atoms with Gasteiger partial charge in [0.15, 0.2) is 0 Å². The molecule has 1 radical (unpaired) electrons. The highest BCUT2D eigenvalue weighted by atomic mass is 14.8. The normalized spacial score (nSPS) is 12.4.